The highest BCUT2D eigenvalue weighted by atomic mass is 16.6. The van der Waals surface area contributed by atoms with E-state index in [0.717, 1.165) is 18.4 Å². The van der Waals surface area contributed by atoms with Crippen molar-refractivity contribution < 1.29 is 24.5 Å². The maximum absolute atomic E-state index is 11.9. The highest BCUT2D eigenvalue weighted by Gasteiger charge is 2.55. The van der Waals surface area contributed by atoms with Crippen molar-refractivity contribution in [1.29, 1.82) is 0 Å². The number of aryl methyl sites for hydroxylation is 1. The summed E-state index contributed by atoms with van der Waals surface area (Å²) in [5, 5.41) is 20.4. The van der Waals surface area contributed by atoms with E-state index in [9.17, 15) is 29.4 Å². The summed E-state index contributed by atoms with van der Waals surface area (Å²) in [7, 11) is 0. The lowest BCUT2D eigenvalue weighted by atomic mass is 9.86. The number of rotatable bonds is 4. The Balaban J connectivity index is 2.47. The monoisotopic (exact) mass is 326 g/mol. The number of Topliss-reactive ketones (excluding diaryl/α,β-unsaturated/α-hetero) is 2. The number of hydrogen-bond acceptors (Lipinski definition) is 7. The number of carbonyl (C=O) groups excluding carboxylic acids is 2. The van der Waals surface area contributed by atoms with E-state index in [1.54, 1.807) is 0 Å². The van der Waals surface area contributed by atoms with E-state index >= 15 is 0 Å². The van der Waals surface area contributed by atoms with Crippen LogP contribution in [0.1, 0.15) is 32.1 Å². The molecule has 9 heteroatoms. The van der Waals surface area contributed by atoms with E-state index in [0.29, 0.717) is 0 Å². The third-order valence-corrected chi connectivity index (χ3v) is 4.03. The number of ketones is 2. The van der Waals surface area contributed by atoms with Crippen LogP contribution in [0.4, 0.5) is 0 Å². The molecule has 1 saturated heterocycles. The Morgan fingerprint density at radius 1 is 1.43 bits per heavy atom. The van der Waals surface area contributed by atoms with Gasteiger partial charge >= 0.3 is 5.69 Å². The van der Waals surface area contributed by atoms with Crippen molar-refractivity contribution in [1.82, 2.24) is 9.55 Å². The molecule has 2 rings (SSSR count). The minimum atomic E-state index is -2.11. The van der Waals surface area contributed by atoms with Gasteiger partial charge in [0, 0.05) is 18.2 Å². The van der Waals surface area contributed by atoms with Crippen molar-refractivity contribution in [2.45, 2.75) is 51.2 Å². The van der Waals surface area contributed by atoms with Gasteiger partial charge in [-0.05, 0) is 20.8 Å². The summed E-state index contributed by atoms with van der Waals surface area (Å²) >= 11 is 0. The van der Waals surface area contributed by atoms with Gasteiger partial charge < -0.3 is 14.9 Å². The van der Waals surface area contributed by atoms with Crippen molar-refractivity contribution in [3.8, 4) is 0 Å². The lowest BCUT2D eigenvalue weighted by Crippen LogP contribution is -2.52. The number of H-pyrrole nitrogens is 1. The van der Waals surface area contributed by atoms with Crippen LogP contribution in [0.3, 0.4) is 0 Å². The van der Waals surface area contributed by atoms with E-state index in [1.807, 2.05) is 0 Å². The zero-order valence-electron chi connectivity index (χ0n) is 12.9. The molecule has 1 aromatic rings. The fourth-order valence-corrected chi connectivity index (χ4v) is 2.57. The first-order valence-electron chi connectivity index (χ1n) is 6.97. The molecule has 126 valence electrons. The van der Waals surface area contributed by atoms with Crippen molar-refractivity contribution in [3.63, 3.8) is 0 Å². The normalized spacial score (nSPS) is 28.6. The van der Waals surface area contributed by atoms with Gasteiger partial charge in [-0.15, -0.1) is 0 Å². The number of aliphatic hydroxyl groups excluding tert-OH is 1. The zero-order chi connectivity index (χ0) is 17.5. The van der Waals surface area contributed by atoms with Crippen LogP contribution >= 0.6 is 0 Å². The van der Waals surface area contributed by atoms with Crippen molar-refractivity contribution >= 4 is 11.6 Å². The average molecular weight is 326 g/mol. The summed E-state index contributed by atoms with van der Waals surface area (Å²) in [4.78, 5) is 48.6. The molecule has 23 heavy (non-hydrogen) atoms. The van der Waals surface area contributed by atoms with Crippen LogP contribution in [0.25, 0.3) is 0 Å². The summed E-state index contributed by atoms with van der Waals surface area (Å²) in [6, 6.07) is 0. The molecule has 0 spiro atoms. The van der Waals surface area contributed by atoms with E-state index in [2.05, 4.69) is 4.98 Å². The number of hydrogen-bond donors (Lipinski definition) is 3. The second-order valence-electron chi connectivity index (χ2n) is 5.73. The van der Waals surface area contributed by atoms with E-state index in [4.69, 9.17) is 4.74 Å². The Morgan fingerprint density at radius 2 is 2.04 bits per heavy atom. The number of aromatic nitrogens is 2. The molecule has 0 unspecified atom stereocenters. The molecule has 1 aliphatic rings. The molecule has 0 aromatic carbocycles. The predicted molar refractivity (Wildman–Crippen MR) is 76.9 cm³/mol. The number of aliphatic hydroxyl groups is 2. The quantitative estimate of drug-likeness (QED) is 0.605. The smallest absolute Gasteiger partial charge is 0.330 e. The summed E-state index contributed by atoms with van der Waals surface area (Å²) in [6.45, 7) is 3.67. The Labute approximate surface area is 130 Å². The molecule has 0 bridgehead atoms. The number of carbonyl (C=O) groups is 2. The summed E-state index contributed by atoms with van der Waals surface area (Å²) in [5.41, 5.74) is -3.23. The molecule has 3 N–H and O–H groups in total. The standard InChI is InChI=1S/C14H18N2O7/c1-6-5-16(13(21)15-12(6)20)9-4-14(22,8(3)18)11(23-9)10(19)7(2)17/h5,9-11,19,22H,4H2,1-3H3,(H,15,20,21)/t9-,10-,11-,14-/m1/s1. The van der Waals surface area contributed by atoms with Crippen LogP contribution in [0.5, 0.6) is 0 Å². The lowest BCUT2D eigenvalue weighted by molar-refractivity contribution is -0.158. The van der Waals surface area contributed by atoms with E-state index in [1.165, 1.54) is 13.1 Å². The van der Waals surface area contributed by atoms with Gasteiger partial charge in [0.25, 0.3) is 5.56 Å². The molecule has 1 fully saturated rings. The molecule has 2 heterocycles. The number of nitrogens with zero attached hydrogens (tertiary/aromatic N) is 1. The van der Waals surface area contributed by atoms with E-state index in [-0.39, 0.29) is 12.0 Å². The molecule has 4 atom stereocenters. The topological polar surface area (TPSA) is 139 Å². The second kappa shape index (κ2) is 5.84. The van der Waals surface area contributed by atoms with Gasteiger partial charge in [0.1, 0.15) is 18.4 Å². The van der Waals surface area contributed by atoms with Crippen LogP contribution in [-0.2, 0) is 14.3 Å². The molecule has 9 nitrogen and oxygen atoms in total. The Hall–Kier alpha value is -2.10. The Morgan fingerprint density at radius 3 is 2.57 bits per heavy atom. The molecular formula is C14H18N2O7. The Bertz CT molecular complexity index is 765. The van der Waals surface area contributed by atoms with Crippen LogP contribution in [0.2, 0.25) is 0 Å². The molecule has 0 radical (unpaired) electrons. The number of ether oxygens (including phenoxy) is 1. The predicted octanol–water partition coefficient (Wildman–Crippen LogP) is -1.60. The molecule has 0 saturated carbocycles. The van der Waals surface area contributed by atoms with Gasteiger partial charge in [0.2, 0.25) is 0 Å². The van der Waals surface area contributed by atoms with E-state index < -0.39 is 46.9 Å². The van der Waals surface area contributed by atoms with Crippen LogP contribution in [-0.4, -0.2) is 49.1 Å². The zero-order valence-corrected chi connectivity index (χ0v) is 12.9. The van der Waals surface area contributed by atoms with Gasteiger partial charge in [-0.3, -0.25) is 23.9 Å². The van der Waals surface area contributed by atoms with Gasteiger partial charge in [-0.25, -0.2) is 4.79 Å². The molecule has 1 aromatic heterocycles. The summed E-state index contributed by atoms with van der Waals surface area (Å²) < 4.78 is 6.43. The lowest BCUT2D eigenvalue weighted by Gasteiger charge is -2.27. The molecule has 0 amide bonds. The van der Waals surface area contributed by atoms with Crippen molar-refractivity contribution in [2.75, 3.05) is 0 Å². The number of aromatic amines is 1. The SMILES string of the molecule is CC(=O)[C@@H](O)[C@H]1O[C@@H](n2cc(C)c(=O)[nH]c2=O)C[C@@]1(O)C(C)=O. The average Bonchev–Trinajstić information content (AvgIpc) is 2.81. The van der Waals surface area contributed by atoms with Gasteiger partial charge in [-0.1, -0.05) is 0 Å². The molecule has 1 aliphatic heterocycles. The maximum Gasteiger partial charge on any atom is 0.330 e. The first kappa shape index (κ1) is 17.3. The third kappa shape index (κ3) is 2.90. The van der Waals surface area contributed by atoms with Gasteiger partial charge in [0.05, 0.1) is 0 Å². The summed E-state index contributed by atoms with van der Waals surface area (Å²) in [6.07, 6.45) is -3.42. The Kier molecular flexibility index (Phi) is 4.38. The maximum atomic E-state index is 11.9. The second-order valence-corrected chi connectivity index (χ2v) is 5.73. The number of nitrogens with one attached hydrogen (secondary N) is 1. The first-order valence-corrected chi connectivity index (χ1v) is 6.97. The summed E-state index contributed by atoms with van der Waals surface area (Å²) in [5.74, 6) is -1.38. The van der Waals surface area contributed by atoms with Crippen LogP contribution < -0.4 is 11.2 Å². The fraction of sp³-hybridized carbons (Fsp3) is 0.571. The molecule has 0 aliphatic carbocycles. The van der Waals surface area contributed by atoms with Gasteiger partial charge in [-0.2, -0.15) is 0 Å². The minimum absolute atomic E-state index is 0.232. The van der Waals surface area contributed by atoms with Gasteiger partial charge in [0.15, 0.2) is 17.2 Å². The molecular weight excluding hydrogens is 308 g/mol. The third-order valence-electron chi connectivity index (χ3n) is 4.03. The van der Waals surface area contributed by atoms with Crippen molar-refractivity contribution in [2.24, 2.45) is 0 Å². The van der Waals surface area contributed by atoms with Crippen LogP contribution in [0.15, 0.2) is 15.8 Å². The van der Waals surface area contributed by atoms with Crippen LogP contribution in [0, 0.1) is 6.92 Å². The highest BCUT2D eigenvalue weighted by molar-refractivity contribution is 5.88. The highest BCUT2D eigenvalue weighted by Crippen LogP contribution is 2.38. The largest absolute Gasteiger partial charge is 0.382 e. The fourth-order valence-electron chi connectivity index (χ4n) is 2.57. The minimum Gasteiger partial charge on any atom is -0.382 e. The van der Waals surface area contributed by atoms with Crippen molar-refractivity contribution in [3.05, 3.63) is 32.6 Å². The first-order chi connectivity index (χ1) is 10.6.